The summed E-state index contributed by atoms with van der Waals surface area (Å²) in [5.41, 5.74) is -0.359. The van der Waals surface area contributed by atoms with Crippen molar-refractivity contribution in [3.8, 4) is 28.7 Å². The number of alkyl halides is 3. The van der Waals surface area contributed by atoms with Gasteiger partial charge in [0, 0.05) is 36.8 Å². The number of hydrogen-bond acceptors (Lipinski definition) is 7. The molecule has 3 heterocycles. The quantitative estimate of drug-likeness (QED) is 0.475. The number of ether oxygens (including phenoxy) is 1. The number of likely N-dealkylation sites (tertiary alicyclic amines) is 1. The summed E-state index contributed by atoms with van der Waals surface area (Å²) in [6.45, 7) is 0.526. The van der Waals surface area contributed by atoms with Gasteiger partial charge in [-0.15, -0.1) is 10.2 Å². The maximum Gasteiger partial charge on any atom is 0.416 e. The fourth-order valence-electron chi connectivity index (χ4n) is 4.14. The number of rotatable bonds is 5. The molecule has 5 rings (SSSR count). The van der Waals surface area contributed by atoms with Gasteiger partial charge in [-0.25, -0.2) is 0 Å². The summed E-state index contributed by atoms with van der Waals surface area (Å²) in [6.07, 6.45) is -0.734. The van der Waals surface area contributed by atoms with E-state index in [1.54, 1.807) is 11.9 Å². The minimum absolute atomic E-state index is 0.00834. The zero-order valence-electron chi connectivity index (χ0n) is 20.4. The van der Waals surface area contributed by atoms with Crippen LogP contribution in [0.2, 0.25) is 0 Å². The van der Waals surface area contributed by atoms with E-state index in [9.17, 15) is 22.8 Å². The van der Waals surface area contributed by atoms with Crippen LogP contribution in [0, 0.1) is 17.8 Å². The van der Waals surface area contributed by atoms with Crippen LogP contribution in [0.1, 0.15) is 51.8 Å². The highest BCUT2D eigenvalue weighted by Gasteiger charge is 2.34. The van der Waals surface area contributed by atoms with E-state index in [1.807, 2.05) is 0 Å². The molecule has 2 aromatic heterocycles. The molecule has 0 radical (unpaired) electrons. The number of nitrogens with zero attached hydrogens (tertiary/aromatic N) is 4. The fraction of sp³-hybridized carbons (Fsp3) is 0.346. The van der Waals surface area contributed by atoms with Crippen LogP contribution in [0.5, 0.6) is 5.75 Å². The molecule has 2 fully saturated rings. The molecule has 0 bridgehead atoms. The normalized spacial score (nSPS) is 17.2. The Morgan fingerprint density at radius 1 is 1.18 bits per heavy atom. The summed E-state index contributed by atoms with van der Waals surface area (Å²) in [5.74, 6) is 5.15. The van der Waals surface area contributed by atoms with Gasteiger partial charge in [-0.05, 0) is 49.4 Å². The van der Waals surface area contributed by atoms with Crippen molar-refractivity contribution in [1.29, 1.82) is 0 Å². The van der Waals surface area contributed by atoms with Gasteiger partial charge in [0.15, 0.2) is 5.01 Å². The number of carbonyl (C=O) groups is 2. The van der Waals surface area contributed by atoms with E-state index in [-0.39, 0.29) is 33.5 Å². The maximum absolute atomic E-state index is 13.6. The summed E-state index contributed by atoms with van der Waals surface area (Å²) in [5, 5.41) is 11.2. The number of likely N-dealkylation sites (N-methyl/N-ethyl adjacent to an activating group) is 1. The van der Waals surface area contributed by atoms with Gasteiger partial charge < -0.3 is 9.64 Å². The second kappa shape index (κ2) is 10.1. The van der Waals surface area contributed by atoms with Gasteiger partial charge in [-0.1, -0.05) is 17.3 Å². The molecule has 1 aromatic carbocycles. The number of amides is 2. The van der Waals surface area contributed by atoms with Crippen LogP contribution < -0.4 is 10.1 Å². The summed E-state index contributed by atoms with van der Waals surface area (Å²) in [4.78, 5) is 31.9. The van der Waals surface area contributed by atoms with E-state index in [1.165, 1.54) is 25.4 Å². The third-order valence-electron chi connectivity index (χ3n) is 6.38. The Balaban J connectivity index is 1.55. The summed E-state index contributed by atoms with van der Waals surface area (Å²) < 4.78 is 46.1. The van der Waals surface area contributed by atoms with Crippen LogP contribution in [-0.2, 0) is 11.0 Å². The van der Waals surface area contributed by atoms with Gasteiger partial charge in [0.05, 0.1) is 29.8 Å². The molecule has 2 amide bonds. The predicted octanol–water partition coefficient (Wildman–Crippen LogP) is 4.59. The molecule has 1 saturated heterocycles. The minimum atomic E-state index is -4.62. The second-order valence-electron chi connectivity index (χ2n) is 9.08. The third kappa shape index (κ3) is 5.33. The lowest BCUT2D eigenvalue weighted by Crippen LogP contribution is -2.22. The monoisotopic (exact) mass is 541 g/mol. The van der Waals surface area contributed by atoms with E-state index in [2.05, 4.69) is 32.3 Å². The van der Waals surface area contributed by atoms with Gasteiger partial charge >= 0.3 is 6.18 Å². The number of halogens is 3. The van der Waals surface area contributed by atoms with Crippen molar-refractivity contribution in [2.24, 2.45) is 5.92 Å². The average Bonchev–Trinajstić information content (AvgIpc) is 3.53. The Kier molecular flexibility index (Phi) is 6.79. The van der Waals surface area contributed by atoms with Crippen LogP contribution in [0.3, 0.4) is 0 Å². The van der Waals surface area contributed by atoms with Crippen molar-refractivity contribution in [2.45, 2.75) is 31.4 Å². The first-order chi connectivity index (χ1) is 18.1. The third-order valence-corrected chi connectivity index (χ3v) is 7.13. The largest absolute Gasteiger partial charge is 0.496 e. The highest BCUT2D eigenvalue weighted by atomic mass is 32.1. The van der Waals surface area contributed by atoms with Gasteiger partial charge in [0.1, 0.15) is 5.75 Å². The summed E-state index contributed by atoms with van der Waals surface area (Å²) in [7, 11) is 3.00. The lowest BCUT2D eigenvalue weighted by molar-refractivity contribution is -0.137. The molecule has 2 aliphatic rings. The number of carbonyl (C=O) groups excluding carboxylic acids is 2. The van der Waals surface area contributed by atoms with Gasteiger partial charge in [-0.3, -0.25) is 19.9 Å². The first-order valence-electron chi connectivity index (χ1n) is 11.8. The molecule has 8 nitrogen and oxygen atoms in total. The zero-order chi connectivity index (χ0) is 27.0. The molecule has 1 saturated carbocycles. The molecule has 1 aliphatic carbocycles. The van der Waals surface area contributed by atoms with Crippen LogP contribution in [0.4, 0.5) is 18.3 Å². The molecule has 38 heavy (non-hydrogen) atoms. The molecule has 0 spiro atoms. The predicted molar refractivity (Wildman–Crippen MR) is 134 cm³/mol. The van der Waals surface area contributed by atoms with E-state index >= 15 is 0 Å². The molecule has 1 unspecified atom stereocenters. The number of methoxy groups -OCH3 is 1. The van der Waals surface area contributed by atoms with E-state index in [0.717, 1.165) is 36.3 Å². The summed E-state index contributed by atoms with van der Waals surface area (Å²) in [6, 6.07) is 4.52. The molecule has 1 atom stereocenters. The van der Waals surface area contributed by atoms with Crippen LogP contribution in [0.25, 0.3) is 11.1 Å². The Hall–Kier alpha value is -3.98. The van der Waals surface area contributed by atoms with Crippen molar-refractivity contribution in [2.75, 3.05) is 26.0 Å². The van der Waals surface area contributed by atoms with E-state index < -0.39 is 23.6 Å². The van der Waals surface area contributed by atoms with E-state index in [4.69, 9.17) is 4.74 Å². The van der Waals surface area contributed by atoms with Gasteiger partial charge in [-0.2, -0.15) is 13.2 Å². The number of anilines is 1. The van der Waals surface area contributed by atoms with Crippen LogP contribution in [0.15, 0.2) is 30.5 Å². The van der Waals surface area contributed by atoms with Gasteiger partial charge in [0.2, 0.25) is 11.0 Å². The number of hydrogen-bond donors (Lipinski definition) is 1. The Morgan fingerprint density at radius 3 is 2.63 bits per heavy atom. The Bertz CT molecular complexity index is 1470. The topological polar surface area (TPSA) is 97.3 Å². The molecular formula is C26H22F3N5O3S. The van der Waals surface area contributed by atoms with Crippen molar-refractivity contribution in [3.05, 3.63) is 52.3 Å². The van der Waals surface area contributed by atoms with Crippen molar-refractivity contribution in [1.82, 2.24) is 20.1 Å². The molecule has 196 valence electrons. The minimum Gasteiger partial charge on any atom is -0.496 e. The van der Waals surface area contributed by atoms with E-state index in [0.29, 0.717) is 29.6 Å². The Labute approximate surface area is 220 Å². The molecule has 1 aliphatic heterocycles. The standard InChI is InChI=1S/C26H22F3N5O3S/c1-34-10-9-16(24(34)36)20-12-17(18-11-15(26(27,28)29)6-7-21(18)37-2)19(13-30-20)23(35)31-25-33-32-22(38-25)8-5-14-3-4-14/h6-7,11-14,16H,3-4,9-10H2,1-2H3,(H,31,33,35). The van der Waals surface area contributed by atoms with Crippen molar-refractivity contribution in [3.63, 3.8) is 0 Å². The molecule has 12 heteroatoms. The van der Waals surface area contributed by atoms with Gasteiger partial charge in [0.25, 0.3) is 5.91 Å². The SMILES string of the molecule is COc1ccc(C(F)(F)F)cc1-c1cc(C2CCN(C)C2=O)ncc1C(=O)Nc1nnc(C#CC2CC2)s1. The van der Waals surface area contributed by atoms with Crippen molar-refractivity contribution < 1.29 is 27.5 Å². The van der Waals surface area contributed by atoms with Crippen LogP contribution >= 0.6 is 11.3 Å². The van der Waals surface area contributed by atoms with Crippen molar-refractivity contribution >= 4 is 28.3 Å². The number of pyridine rings is 1. The average molecular weight is 542 g/mol. The molecular weight excluding hydrogens is 519 g/mol. The summed E-state index contributed by atoms with van der Waals surface area (Å²) >= 11 is 1.09. The highest BCUT2D eigenvalue weighted by molar-refractivity contribution is 7.15. The first-order valence-corrected chi connectivity index (χ1v) is 12.6. The smallest absolute Gasteiger partial charge is 0.416 e. The van der Waals surface area contributed by atoms with Crippen LogP contribution in [-0.4, -0.2) is 52.6 Å². The second-order valence-corrected chi connectivity index (χ2v) is 10.1. The molecule has 1 N–H and O–H groups in total. The maximum atomic E-state index is 13.6. The first kappa shape index (κ1) is 25.7. The number of aromatic nitrogens is 3. The molecule has 3 aromatic rings. The Morgan fingerprint density at radius 2 is 1.97 bits per heavy atom. The zero-order valence-corrected chi connectivity index (χ0v) is 21.2. The lowest BCUT2D eigenvalue weighted by atomic mass is 9.94. The fourth-order valence-corrected chi connectivity index (χ4v) is 4.74. The highest BCUT2D eigenvalue weighted by Crippen LogP contribution is 2.40. The number of nitrogens with one attached hydrogen (secondary N) is 1. The number of benzene rings is 1. The lowest BCUT2D eigenvalue weighted by Gasteiger charge is -2.17.